The molecule has 0 saturated heterocycles. The van der Waals surface area contributed by atoms with Crippen LogP contribution < -0.4 is 5.32 Å². The van der Waals surface area contributed by atoms with Crippen LogP contribution in [0, 0.1) is 13.8 Å². The van der Waals surface area contributed by atoms with Crippen LogP contribution in [-0.4, -0.2) is 0 Å². The Hall–Kier alpha value is -0.800. The number of aryl methyl sites for hydroxylation is 2. The van der Waals surface area contributed by atoms with Crippen molar-refractivity contribution in [3.05, 3.63) is 50.1 Å². The molecule has 0 radical (unpaired) electrons. The zero-order chi connectivity index (χ0) is 11.5. The van der Waals surface area contributed by atoms with E-state index in [9.17, 15) is 0 Å². The SMILES string of the molecule is Cc1cc(Br)cc(NCc2ccc(C)s2)c1. The van der Waals surface area contributed by atoms with Crippen molar-refractivity contribution in [2.45, 2.75) is 20.4 Å². The van der Waals surface area contributed by atoms with Gasteiger partial charge in [0.1, 0.15) is 0 Å². The fraction of sp³-hybridized carbons (Fsp3) is 0.231. The lowest BCUT2D eigenvalue weighted by Crippen LogP contribution is -1.97. The Bertz CT molecular complexity index is 470. The summed E-state index contributed by atoms with van der Waals surface area (Å²) in [5.41, 5.74) is 2.43. The van der Waals surface area contributed by atoms with Crippen molar-refractivity contribution < 1.29 is 0 Å². The summed E-state index contributed by atoms with van der Waals surface area (Å²) in [7, 11) is 0. The maximum Gasteiger partial charge on any atom is 0.0494 e. The van der Waals surface area contributed by atoms with E-state index in [2.05, 4.69) is 65.4 Å². The van der Waals surface area contributed by atoms with E-state index >= 15 is 0 Å². The molecular formula is C13H14BrNS. The van der Waals surface area contributed by atoms with Gasteiger partial charge in [-0.2, -0.15) is 0 Å². The number of thiophene rings is 1. The maximum atomic E-state index is 3.51. The van der Waals surface area contributed by atoms with Gasteiger partial charge in [0.2, 0.25) is 0 Å². The van der Waals surface area contributed by atoms with Crippen molar-refractivity contribution in [1.82, 2.24) is 0 Å². The first-order valence-electron chi connectivity index (χ1n) is 5.20. The third kappa shape index (κ3) is 3.09. The number of benzene rings is 1. The second kappa shape index (κ2) is 5.02. The van der Waals surface area contributed by atoms with E-state index in [4.69, 9.17) is 0 Å². The molecule has 0 saturated carbocycles. The molecule has 84 valence electrons. The Balaban J connectivity index is 2.04. The monoisotopic (exact) mass is 295 g/mol. The standard InChI is InChI=1S/C13H14BrNS/c1-9-5-11(14)7-12(6-9)15-8-13-4-3-10(2)16-13/h3-7,15H,8H2,1-2H3. The second-order valence-corrected chi connectivity index (χ2v) is 6.17. The number of hydrogen-bond donors (Lipinski definition) is 1. The molecule has 0 aliphatic heterocycles. The Labute approximate surface area is 109 Å². The minimum absolute atomic E-state index is 0.897. The van der Waals surface area contributed by atoms with Crippen LogP contribution in [0.2, 0.25) is 0 Å². The van der Waals surface area contributed by atoms with E-state index in [1.54, 1.807) is 0 Å². The van der Waals surface area contributed by atoms with Crippen LogP contribution in [0.3, 0.4) is 0 Å². The molecule has 1 N–H and O–H groups in total. The van der Waals surface area contributed by atoms with Crippen LogP contribution in [0.1, 0.15) is 15.3 Å². The van der Waals surface area contributed by atoms with Gasteiger partial charge in [-0.1, -0.05) is 15.9 Å². The molecule has 0 aliphatic rings. The molecule has 2 aromatic rings. The van der Waals surface area contributed by atoms with Crippen molar-refractivity contribution in [2.24, 2.45) is 0 Å². The van der Waals surface area contributed by atoms with Gasteiger partial charge in [-0.3, -0.25) is 0 Å². The number of halogens is 1. The molecule has 0 spiro atoms. The average Bonchev–Trinajstić information content (AvgIpc) is 2.60. The first-order chi connectivity index (χ1) is 7.63. The van der Waals surface area contributed by atoms with Crippen molar-refractivity contribution >= 4 is 33.0 Å². The van der Waals surface area contributed by atoms with Crippen LogP contribution in [0.15, 0.2) is 34.8 Å². The molecule has 16 heavy (non-hydrogen) atoms. The smallest absolute Gasteiger partial charge is 0.0494 e. The first-order valence-corrected chi connectivity index (χ1v) is 6.81. The van der Waals surface area contributed by atoms with Crippen LogP contribution in [0.4, 0.5) is 5.69 Å². The molecule has 0 amide bonds. The fourth-order valence-electron chi connectivity index (χ4n) is 1.61. The molecule has 2 rings (SSSR count). The van der Waals surface area contributed by atoms with E-state index in [-0.39, 0.29) is 0 Å². The zero-order valence-electron chi connectivity index (χ0n) is 9.38. The Morgan fingerprint density at radius 1 is 1.19 bits per heavy atom. The largest absolute Gasteiger partial charge is 0.380 e. The fourth-order valence-corrected chi connectivity index (χ4v) is 3.05. The van der Waals surface area contributed by atoms with E-state index in [1.807, 2.05) is 11.3 Å². The third-order valence-electron chi connectivity index (χ3n) is 2.30. The van der Waals surface area contributed by atoms with Crippen molar-refractivity contribution in [3.63, 3.8) is 0 Å². The van der Waals surface area contributed by atoms with Crippen LogP contribution in [0.25, 0.3) is 0 Å². The van der Waals surface area contributed by atoms with E-state index in [1.165, 1.54) is 15.3 Å². The van der Waals surface area contributed by atoms with Gasteiger partial charge < -0.3 is 5.32 Å². The molecule has 1 aromatic carbocycles. The van der Waals surface area contributed by atoms with Crippen LogP contribution in [0.5, 0.6) is 0 Å². The minimum Gasteiger partial charge on any atom is -0.380 e. The summed E-state index contributed by atoms with van der Waals surface area (Å²) >= 11 is 5.35. The number of hydrogen-bond acceptors (Lipinski definition) is 2. The van der Waals surface area contributed by atoms with Crippen molar-refractivity contribution in [2.75, 3.05) is 5.32 Å². The highest BCUT2D eigenvalue weighted by Gasteiger charge is 1.99. The van der Waals surface area contributed by atoms with E-state index < -0.39 is 0 Å². The molecule has 1 heterocycles. The van der Waals surface area contributed by atoms with Crippen molar-refractivity contribution in [1.29, 1.82) is 0 Å². The molecule has 0 atom stereocenters. The van der Waals surface area contributed by atoms with Gasteiger partial charge >= 0.3 is 0 Å². The lowest BCUT2D eigenvalue weighted by atomic mass is 10.2. The highest BCUT2D eigenvalue weighted by Crippen LogP contribution is 2.21. The van der Waals surface area contributed by atoms with E-state index in [0.29, 0.717) is 0 Å². The van der Waals surface area contributed by atoms with Gasteiger partial charge in [-0.15, -0.1) is 11.3 Å². The Kier molecular flexibility index (Phi) is 3.66. The third-order valence-corrected chi connectivity index (χ3v) is 3.76. The molecule has 0 fully saturated rings. The van der Waals surface area contributed by atoms with Gasteiger partial charge in [0.15, 0.2) is 0 Å². The van der Waals surface area contributed by atoms with Crippen molar-refractivity contribution in [3.8, 4) is 0 Å². The highest BCUT2D eigenvalue weighted by atomic mass is 79.9. The van der Waals surface area contributed by atoms with Gasteiger partial charge in [-0.25, -0.2) is 0 Å². The molecule has 0 aliphatic carbocycles. The van der Waals surface area contributed by atoms with E-state index in [0.717, 1.165) is 16.7 Å². The molecular weight excluding hydrogens is 282 g/mol. The summed E-state index contributed by atoms with van der Waals surface area (Å²) in [5, 5.41) is 3.44. The zero-order valence-corrected chi connectivity index (χ0v) is 11.8. The van der Waals surface area contributed by atoms with Crippen LogP contribution >= 0.6 is 27.3 Å². The molecule has 0 bridgehead atoms. The number of anilines is 1. The molecule has 1 nitrogen and oxygen atoms in total. The summed E-state index contributed by atoms with van der Waals surface area (Å²) < 4.78 is 1.12. The molecule has 0 unspecified atom stereocenters. The summed E-state index contributed by atoms with van der Waals surface area (Å²) in [5.74, 6) is 0. The summed E-state index contributed by atoms with van der Waals surface area (Å²) in [6.07, 6.45) is 0. The lowest BCUT2D eigenvalue weighted by molar-refractivity contribution is 1.19. The average molecular weight is 296 g/mol. The number of nitrogens with one attached hydrogen (secondary N) is 1. The maximum absolute atomic E-state index is 3.51. The summed E-state index contributed by atoms with van der Waals surface area (Å²) in [6.45, 7) is 5.14. The van der Waals surface area contributed by atoms with Gasteiger partial charge in [0.25, 0.3) is 0 Å². The second-order valence-electron chi connectivity index (χ2n) is 3.88. The molecule has 1 aromatic heterocycles. The van der Waals surface area contributed by atoms with Crippen LogP contribution in [-0.2, 0) is 6.54 Å². The highest BCUT2D eigenvalue weighted by molar-refractivity contribution is 9.10. The minimum atomic E-state index is 0.897. The normalized spacial score (nSPS) is 10.4. The molecule has 3 heteroatoms. The van der Waals surface area contributed by atoms with Gasteiger partial charge in [0, 0.05) is 26.5 Å². The Morgan fingerprint density at radius 3 is 2.62 bits per heavy atom. The first kappa shape index (κ1) is 11.7. The van der Waals surface area contributed by atoms with Gasteiger partial charge in [0.05, 0.1) is 0 Å². The summed E-state index contributed by atoms with van der Waals surface area (Å²) in [6, 6.07) is 10.7. The number of rotatable bonds is 3. The lowest BCUT2D eigenvalue weighted by Gasteiger charge is -2.06. The Morgan fingerprint density at radius 2 is 2.00 bits per heavy atom. The predicted octanol–water partition coefficient (Wildman–Crippen LogP) is 4.74. The summed E-state index contributed by atoms with van der Waals surface area (Å²) in [4.78, 5) is 2.73. The quantitative estimate of drug-likeness (QED) is 0.862. The van der Waals surface area contributed by atoms with Gasteiger partial charge in [-0.05, 0) is 49.7 Å². The topological polar surface area (TPSA) is 12.0 Å². The predicted molar refractivity (Wildman–Crippen MR) is 75.3 cm³/mol.